The van der Waals surface area contributed by atoms with Gasteiger partial charge in [-0.05, 0) is 25.1 Å². The van der Waals surface area contributed by atoms with Gasteiger partial charge in [0.1, 0.15) is 11.5 Å². The van der Waals surface area contributed by atoms with Gasteiger partial charge in [-0.1, -0.05) is 0 Å². The van der Waals surface area contributed by atoms with Gasteiger partial charge in [-0.3, -0.25) is 14.4 Å². The SMILES string of the molecule is COCCNC(=O)[C@H]1CN(Cc2ccc(C)o2)Cc2ccnn2C1. The number of aryl methyl sites for hydroxylation is 1. The summed E-state index contributed by atoms with van der Waals surface area (Å²) in [5.41, 5.74) is 1.12. The first-order valence-corrected chi connectivity index (χ1v) is 8.20. The topological polar surface area (TPSA) is 72.5 Å². The molecule has 0 bridgehead atoms. The minimum absolute atomic E-state index is 0.0380. The normalized spacial score (nSPS) is 18.2. The van der Waals surface area contributed by atoms with Gasteiger partial charge in [0.2, 0.25) is 5.91 Å². The van der Waals surface area contributed by atoms with Gasteiger partial charge >= 0.3 is 0 Å². The van der Waals surface area contributed by atoms with Crippen molar-refractivity contribution in [2.24, 2.45) is 5.92 Å². The molecule has 1 amide bonds. The molecule has 24 heavy (non-hydrogen) atoms. The largest absolute Gasteiger partial charge is 0.465 e. The van der Waals surface area contributed by atoms with Crippen LogP contribution in [0.1, 0.15) is 17.2 Å². The van der Waals surface area contributed by atoms with E-state index in [4.69, 9.17) is 9.15 Å². The Labute approximate surface area is 141 Å². The van der Waals surface area contributed by atoms with E-state index in [2.05, 4.69) is 15.3 Å². The second kappa shape index (κ2) is 7.63. The van der Waals surface area contributed by atoms with Crippen LogP contribution < -0.4 is 5.32 Å². The van der Waals surface area contributed by atoms with Crippen molar-refractivity contribution < 1.29 is 13.9 Å². The highest BCUT2D eigenvalue weighted by atomic mass is 16.5. The number of carbonyl (C=O) groups excluding carboxylic acids is 1. The molecule has 0 spiro atoms. The van der Waals surface area contributed by atoms with Crippen LogP contribution in [0.4, 0.5) is 0 Å². The van der Waals surface area contributed by atoms with Crippen LogP contribution in [-0.2, 0) is 29.2 Å². The van der Waals surface area contributed by atoms with Crippen LogP contribution in [0.15, 0.2) is 28.8 Å². The second-order valence-corrected chi connectivity index (χ2v) is 6.17. The van der Waals surface area contributed by atoms with Gasteiger partial charge < -0.3 is 14.5 Å². The molecule has 0 aliphatic carbocycles. The fourth-order valence-corrected chi connectivity index (χ4v) is 3.03. The molecule has 3 heterocycles. The van der Waals surface area contributed by atoms with Gasteiger partial charge in [-0.2, -0.15) is 5.10 Å². The molecule has 1 aliphatic rings. The molecule has 1 aliphatic heterocycles. The van der Waals surface area contributed by atoms with Gasteiger partial charge in [0.25, 0.3) is 0 Å². The van der Waals surface area contributed by atoms with Crippen molar-refractivity contribution in [2.45, 2.75) is 26.6 Å². The lowest BCUT2D eigenvalue weighted by Gasteiger charge is -2.22. The predicted octanol–water partition coefficient (Wildman–Crippen LogP) is 1.18. The van der Waals surface area contributed by atoms with E-state index in [9.17, 15) is 4.79 Å². The molecular formula is C17H24N4O3. The summed E-state index contributed by atoms with van der Waals surface area (Å²) in [7, 11) is 1.63. The summed E-state index contributed by atoms with van der Waals surface area (Å²) in [5.74, 6) is 1.70. The highest BCUT2D eigenvalue weighted by Gasteiger charge is 2.27. The summed E-state index contributed by atoms with van der Waals surface area (Å²) in [4.78, 5) is 14.7. The molecular weight excluding hydrogens is 308 g/mol. The summed E-state index contributed by atoms with van der Waals surface area (Å²) in [6.45, 7) is 5.67. The molecule has 0 aromatic carbocycles. The number of amides is 1. The van der Waals surface area contributed by atoms with E-state index in [1.165, 1.54) is 0 Å². The third-order valence-electron chi connectivity index (χ3n) is 4.21. The van der Waals surface area contributed by atoms with Gasteiger partial charge in [0, 0.05) is 32.9 Å². The lowest BCUT2D eigenvalue weighted by molar-refractivity contribution is -0.126. The third kappa shape index (κ3) is 4.04. The summed E-state index contributed by atoms with van der Waals surface area (Å²) < 4.78 is 12.6. The van der Waals surface area contributed by atoms with Gasteiger partial charge in [-0.15, -0.1) is 0 Å². The molecule has 7 heteroatoms. The molecule has 0 saturated carbocycles. The van der Waals surface area contributed by atoms with Crippen LogP contribution in [0.2, 0.25) is 0 Å². The Kier molecular flexibility index (Phi) is 5.32. The summed E-state index contributed by atoms with van der Waals surface area (Å²) >= 11 is 0. The van der Waals surface area contributed by atoms with Crippen molar-refractivity contribution in [1.82, 2.24) is 20.0 Å². The first-order valence-electron chi connectivity index (χ1n) is 8.20. The van der Waals surface area contributed by atoms with Crippen molar-refractivity contribution in [3.8, 4) is 0 Å². The zero-order chi connectivity index (χ0) is 16.9. The molecule has 0 radical (unpaired) electrons. The van der Waals surface area contributed by atoms with Crippen molar-refractivity contribution in [2.75, 3.05) is 26.8 Å². The number of rotatable bonds is 6. The van der Waals surface area contributed by atoms with E-state index in [-0.39, 0.29) is 11.8 Å². The first kappa shape index (κ1) is 16.7. The van der Waals surface area contributed by atoms with Crippen LogP contribution in [0.3, 0.4) is 0 Å². The molecule has 0 fully saturated rings. The summed E-state index contributed by atoms with van der Waals surface area (Å²) in [5, 5.41) is 7.29. The molecule has 3 rings (SSSR count). The fraction of sp³-hybridized carbons (Fsp3) is 0.529. The fourth-order valence-electron chi connectivity index (χ4n) is 3.03. The van der Waals surface area contributed by atoms with Crippen molar-refractivity contribution >= 4 is 5.91 Å². The summed E-state index contributed by atoms with van der Waals surface area (Å²) in [6.07, 6.45) is 1.79. The van der Waals surface area contributed by atoms with E-state index in [0.717, 1.165) is 23.8 Å². The van der Waals surface area contributed by atoms with Crippen molar-refractivity contribution in [3.05, 3.63) is 41.6 Å². The molecule has 1 atom stereocenters. The standard InChI is InChI=1S/C17H24N4O3/c1-13-3-4-16(24-13)12-20-9-14(17(22)18-7-8-23-2)10-21-15(11-20)5-6-19-21/h3-6,14H,7-12H2,1-2H3,(H,18,22)/t14-/m0/s1. The van der Waals surface area contributed by atoms with Crippen LogP contribution in [0.5, 0.6) is 0 Å². The zero-order valence-electron chi connectivity index (χ0n) is 14.2. The number of fused-ring (bicyclic) bond motifs is 1. The first-order chi connectivity index (χ1) is 11.7. The monoisotopic (exact) mass is 332 g/mol. The van der Waals surface area contributed by atoms with E-state index in [0.29, 0.717) is 32.8 Å². The van der Waals surface area contributed by atoms with E-state index in [1.54, 1.807) is 13.3 Å². The molecule has 2 aromatic heterocycles. The number of hydrogen-bond acceptors (Lipinski definition) is 5. The number of ether oxygens (including phenoxy) is 1. The average molecular weight is 332 g/mol. The number of nitrogens with one attached hydrogen (secondary N) is 1. The molecule has 1 N–H and O–H groups in total. The minimum atomic E-state index is -0.154. The quantitative estimate of drug-likeness (QED) is 0.804. The highest BCUT2D eigenvalue weighted by Crippen LogP contribution is 2.19. The smallest absolute Gasteiger partial charge is 0.226 e. The van der Waals surface area contributed by atoms with Crippen LogP contribution in [0.25, 0.3) is 0 Å². The maximum atomic E-state index is 12.5. The number of carbonyl (C=O) groups is 1. The Morgan fingerprint density at radius 1 is 1.42 bits per heavy atom. The second-order valence-electron chi connectivity index (χ2n) is 6.17. The molecule has 130 valence electrons. The Hall–Kier alpha value is -2.12. The van der Waals surface area contributed by atoms with Gasteiger partial charge in [0.05, 0.1) is 31.3 Å². The Morgan fingerprint density at radius 3 is 3.04 bits per heavy atom. The number of nitrogens with zero attached hydrogens (tertiary/aromatic N) is 3. The van der Waals surface area contributed by atoms with Gasteiger partial charge in [-0.25, -0.2) is 0 Å². The maximum absolute atomic E-state index is 12.5. The van der Waals surface area contributed by atoms with Crippen LogP contribution >= 0.6 is 0 Å². The maximum Gasteiger partial charge on any atom is 0.226 e. The Balaban J connectivity index is 1.71. The number of methoxy groups -OCH3 is 1. The average Bonchev–Trinajstić information content (AvgIpc) is 3.12. The van der Waals surface area contributed by atoms with Crippen LogP contribution in [-0.4, -0.2) is 47.4 Å². The van der Waals surface area contributed by atoms with Gasteiger partial charge in [0.15, 0.2) is 0 Å². The number of hydrogen-bond donors (Lipinski definition) is 1. The molecule has 0 unspecified atom stereocenters. The van der Waals surface area contributed by atoms with Crippen LogP contribution in [0, 0.1) is 12.8 Å². The van der Waals surface area contributed by atoms with E-state index in [1.807, 2.05) is 29.8 Å². The number of aromatic nitrogens is 2. The zero-order valence-corrected chi connectivity index (χ0v) is 14.2. The molecule has 7 nitrogen and oxygen atoms in total. The number of furan rings is 1. The van der Waals surface area contributed by atoms with Crippen molar-refractivity contribution in [3.63, 3.8) is 0 Å². The predicted molar refractivity (Wildman–Crippen MR) is 88.2 cm³/mol. The van der Waals surface area contributed by atoms with E-state index < -0.39 is 0 Å². The Bertz CT molecular complexity index is 679. The minimum Gasteiger partial charge on any atom is -0.465 e. The lowest BCUT2D eigenvalue weighted by atomic mass is 10.1. The lowest BCUT2D eigenvalue weighted by Crippen LogP contribution is -2.40. The summed E-state index contributed by atoms with van der Waals surface area (Å²) in [6, 6.07) is 5.96. The Morgan fingerprint density at radius 2 is 2.29 bits per heavy atom. The third-order valence-corrected chi connectivity index (χ3v) is 4.21. The van der Waals surface area contributed by atoms with Crippen molar-refractivity contribution in [1.29, 1.82) is 0 Å². The highest BCUT2D eigenvalue weighted by molar-refractivity contribution is 5.78. The van der Waals surface area contributed by atoms with E-state index >= 15 is 0 Å². The molecule has 2 aromatic rings. The molecule has 0 saturated heterocycles.